The first-order valence-electron chi connectivity index (χ1n) is 8.10. The molecule has 0 radical (unpaired) electrons. The van der Waals surface area contributed by atoms with E-state index in [9.17, 15) is 9.90 Å². The van der Waals surface area contributed by atoms with Crippen molar-refractivity contribution >= 4 is 23.2 Å². The number of aliphatic hydroxyl groups excluding tert-OH is 1. The molecule has 0 aliphatic carbocycles. The van der Waals surface area contributed by atoms with E-state index in [1.165, 1.54) is 7.11 Å². The van der Waals surface area contributed by atoms with E-state index in [0.717, 1.165) is 19.4 Å². The molecule has 1 N–H and O–H groups in total. The lowest BCUT2D eigenvalue weighted by molar-refractivity contribution is -0.129. The van der Waals surface area contributed by atoms with Crippen LogP contribution in [0.15, 0.2) is 23.0 Å². The third kappa shape index (κ3) is 3.44. The summed E-state index contributed by atoms with van der Waals surface area (Å²) in [5.74, 6) is 0.354. The van der Waals surface area contributed by atoms with Crippen LogP contribution in [0.2, 0.25) is 10.2 Å². The van der Waals surface area contributed by atoms with E-state index in [4.69, 9.17) is 32.7 Å². The van der Waals surface area contributed by atoms with Gasteiger partial charge in [-0.3, -0.25) is 9.48 Å². The minimum atomic E-state index is -1.09. The number of aromatic nitrogens is 2. The highest BCUT2D eigenvalue weighted by molar-refractivity contribution is 6.33. The van der Waals surface area contributed by atoms with Crippen LogP contribution in [-0.4, -0.2) is 34.0 Å². The van der Waals surface area contributed by atoms with Gasteiger partial charge in [0.1, 0.15) is 17.0 Å². The van der Waals surface area contributed by atoms with Gasteiger partial charge >= 0.3 is 0 Å². The number of benzene rings is 1. The fraction of sp³-hybridized carbons (Fsp3) is 0.471. The predicted octanol–water partition coefficient (Wildman–Crippen LogP) is 3.15. The molecule has 0 fully saturated rings. The lowest BCUT2D eigenvalue weighted by Crippen LogP contribution is -2.30. The number of hydrogen-bond donors (Lipinski definition) is 1. The van der Waals surface area contributed by atoms with Crippen molar-refractivity contribution in [1.82, 2.24) is 9.36 Å². The fourth-order valence-corrected chi connectivity index (χ4v) is 3.50. The topological polar surface area (TPSA) is 65.6 Å². The van der Waals surface area contributed by atoms with E-state index in [2.05, 4.69) is 0 Å². The van der Waals surface area contributed by atoms with Gasteiger partial charge in [-0.2, -0.15) is 0 Å². The molecule has 2 aromatic rings. The number of methoxy groups -OCH3 is 1. The van der Waals surface area contributed by atoms with Crippen LogP contribution in [0.5, 0.6) is 5.75 Å². The van der Waals surface area contributed by atoms with Crippen LogP contribution in [-0.2, 0) is 17.8 Å². The Bertz CT molecular complexity index is 831. The zero-order valence-electron chi connectivity index (χ0n) is 14.0. The zero-order chi connectivity index (χ0) is 18.1. The van der Waals surface area contributed by atoms with Crippen molar-refractivity contribution in [1.29, 1.82) is 0 Å². The summed E-state index contributed by atoms with van der Waals surface area (Å²) in [6.07, 6.45) is 0.239. The number of ether oxygens (including phenoxy) is 2. The van der Waals surface area contributed by atoms with Gasteiger partial charge in [0, 0.05) is 20.2 Å². The van der Waals surface area contributed by atoms with E-state index < -0.39 is 12.4 Å². The van der Waals surface area contributed by atoms with Gasteiger partial charge < -0.3 is 14.6 Å². The van der Waals surface area contributed by atoms with Gasteiger partial charge in [0.25, 0.3) is 5.56 Å². The van der Waals surface area contributed by atoms with E-state index in [-0.39, 0.29) is 5.56 Å². The number of fused-ring (bicyclic) bond motifs is 1. The molecule has 8 heteroatoms. The molecule has 0 saturated heterocycles. The van der Waals surface area contributed by atoms with Crippen molar-refractivity contribution in [2.24, 2.45) is 0 Å². The van der Waals surface area contributed by atoms with E-state index in [0.29, 0.717) is 33.6 Å². The van der Waals surface area contributed by atoms with Gasteiger partial charge in [-0.25, -0.2) is 4.68 Å². The minimum absolute atomic E-state index is 0.122. The fourth-order valence-electron chi connectivity index (χ4n) is 2.97. The summed E-state index contributed by atoms with van der Waals surface area (Å²) in [5.41, 5.74) is 0.941. The van der Waals surface area contributed by atoms with E-state index in [1.807, 2.05) is 4.68 Å². The number of aliphatic hydroxyl groups is 1. The minimum Gasteiger partial charge on any atom is -0.484 e. The van der Waals surface area contributed by atoms with Gasteiger partial charge in [-0.05, 0) is 37.5 Å². The van der Waals surface area contributed by atoms with Crippen molar-refractivity contribution < 1.29 is 14.6 Å². The Kier molecular flexibility index (Phi) is 5.43. The van der Waals surface area contributed by atoms with Crippen LogP contribution in [0.3, 0.4) is 0 Å². The molecule has 6 nitrogen and oxygen atoms in total. The Balaban J connectivity index is 2.01. The molecule has 0 spiro atoms. The number of nitrogens with zero attached hydrogens (tertiary/aromatic N) is 2. The summed E-state index contributed by atoms with van der Waals surface area (Å²) in [7, 11) is 1.38. The first-order chi connectivity index (χ1) is 11.9. The summed E-state index contributed by atoms with van der Waals surface area (Å²) < 4.78 is 14.0. The summed E-state index contributed by atoms with van der Waals surface area (Å²) >= 11 is 12.6. The summed E-state index contributed by atoms with van der Waals surface area (Å²) in [6.45, 7) is 3.05. The molecule has 1 aliphatic rings. The lowest BCUT2D eigenvalue weighted by Gasteiger charge is -2.20. The maximum atomic E-state index is 12.7. The Labute approximate surface area is 155 Å². The molecule has 136 valence electrons. The first kappa shape index (κ1) is 18.3. The Morgan fingerprint density at radius 3 is 2.52 bits per heavy atom. The van der Waals surface area contributed by atoms with Crippen LogP contribution in [0.4, 0.5) is 0 Å². The number of halogens is 2. The second kappa shape index (κ2) is 7.41. The molecule has 1 aromatic heterocycles. The molecule has 2 atom stereocenters. The normalized spacial score (nSPS) is 16.4. The predicted molar refractivity (Wildman–Crippen MR) is 96.5 cm³/mol. The molecule has 2 unspecified atom stereocenters. The lowest BCUT2D eigenvalue weighted by atomic mass is 10.1. The maximum Gasteiger partial charge on any atom is 0.276 e. The van der Waals surface area contributed by atoms with Crippen LogP contribution in [0.25, 0.3) is 11.1 Å². The van der Waals surface area contributed by atoms with Gasteiger partial charge in [0.15, 0.2) is 6.29 Å². The SMILES string of the molecule is COC(O)C(C)Oc1cc(-c2c(Cl)n3n(c2=O)CCCC3)ccc1Cl. The van der Waals surface area contributed by atoms with Crippen molar-refractivity contribution in [2.75, 3.05) is 7.11 Å². The Morgan fingerprint density at radius 2 is 1.88 bits per heavy atom. The highest BCUT2D eigenvalue weighted by atomic mass is 35.5. The molecule has 1 aromatic carbocycles. The highest BCUT2D eigenvalue weighted by Crippen LogP contribution is 2.34. The van der Waals surface area contributed by atoms with Gasteiger partial charge in [-0.15, -0.1) is 0 Å². The van der Waals surface area contributed by atoms with Gasteiger partial charge in [0.05, 0.1) is 10.6 Å². The molecular weight excluding hydrogens is 367 g/mol. The average molecular weight is 387 g/mol. The summed E-state index contributed by atoms with van der Waals surface area (Å²) in [4.78, 5) is 12.7. The average Bonchev–Trinajstić information content (AvgIpc) is 2.87. The molecule has 0 saturated carbocycles. The largest absolute Gasteiger partial charge is 0.484 e. The number of rotatable bonds is 5. The van der Waals surface area contributed by atoms with E-state index >= 15 is 0 Å². The maximum absolute atomic E-state index is 12.7. The van der Waals surface area contributed by atoms with Crippen LogP contribution < -0.4 is 10.3 Å². The summed E-state index contributed by atoms with van der Waals surface area (Å²) in [6, 6.07) is 5.05. The second-order valence-electron chi connectivity index (χ2n) is 6.02. The molecule has 1 aliphatic heterocycles. The van der Waals surface area contributed by atoms with Crippen LogP contribution in [0.1, 0.15) is 19.8 Å². The monoisotopic (exact) mass is 386 g/mol. The van der Waals surface area contributed by atoms with Crippen molar-refractivity contribution in [2.45, 2.75) is 45.2 Å². The second-order valence-corrected chi connectivity index (χ2v) is 6.78. The smallest absolute Gasteiger partial charge is 0.276 e. The van der Waals surface area contributed by atoms with Crippen LogP contribution >= 0.6 is 23.2 Å². The number of hydrogen-bond acceptors (Lipinski definition) is 4. The first-order valence-corrected chi connectivity index (χ1v) is 8.86. The van der Waals surface area contributed by atoms with Crippen molar-refractivity contribution in [3.8, 4) is 16.9 Å². The molecule has 25 heavy (non-hydrogen) atoms. The van der Waals surface area contributed by atoms with Crippen LogP contribution in [0, 0.1) is 0 Å². The quantitative estimate of drug-likeness (QED) is 0.801. The Hall–Kier alpha value is -1.47. The third-order valence-corrected chi connectivity index (χ3v) is 5.03. The van der Waals surface area contributed by atoms with Crippen molar-refractivity contribution in [3.63, 3.8) is 0 Å². The molecule has 2 heterocycles. The van der Waals surface area contributed by atoms with Crippen molar-refractivity contribution in [3.05, 3.63) is 38.7 Å². The summed E-state index contributed by atoms with van der Waals surface area (Å²) in [5, 5.41) is 10.5. The molecule has 0 bridgehead atoms. The highest BCUT2D eigenvalue weighted by Gasteiger charge is 2.23. The zero-order valence-corrected chi connectivity index (χ0v) is 15.5. The molecule has 0 amide bonds. The van der Waals surface area contributed by atoms with E-state index in [1.54, 1.807) is 29.8 Å². The third-order valence-electron chi connectivity index (χ3n) is 4.34. The van der Waals surface area contributed by atoms with Gasteiger partial charge in [0.2, 0.25) is 0 Å². The van der Waals surface area contributed by atoms with Gasteiger partial charge in [-0.1, -0.05) is 29.3 Å². The standard InChI is InChI=1S/C17H20Cl2N2O4/c1-10(17(23)24-2)25-13-9-11(5-6-12(13)18)14-15(19)20-7-3-4-8-21(20)16(14)22/h5-6,9-10,17,23H,3-4,7-8H2,1-2H3. The molecule has 3 rings (SSSR count). The Morgan fingerprint density at radius 1 is 1.20 bits per heavy atom. The molecular formula is C17H20Cl2N2O4.